The monoisotopic (exact) mass is 173 g/mol. The maximum Gasteiger partial charge on any atom is 0.106 e. The van der Waals surface area contributed by atoms with Gasteiger partial charge in [-0.25, -0.2) is 0 Å². The first-order chi connectivity index (χ1) is 5.58. The highest BCUT2D eigenvalue weighted by atomic mass is 16.6. The molecule has 0 spiro atoms. The van der Waals surface area contributed by atoms with Crippen molar-refractivity contribution in [2.75, 3.05) is 13.2 Å². The Morgan fingerprint density at radius 3 is 2.67 bits per heavy atom. The van der Waals surface area contributed by atoms with E-state index < -0.39 is 0 Å². The summed E-state index contributed by atoms with van der Waals surface area (Å²) in [6, 6.07) is 0. The molecule has 2 unspecified atom stereocenters. The van der Waals surface area contributed by atoms with Crippen LogP contribution in [0, 0.1) is 0 Å². The average Bonchev–Trinajstić information content (AvgIpc) is 2.32. The predicted octanol–water partition coefficient (Wildman–Crippen LogP) is 0.918. The minimum atomic E-state index is -0.215. The molecule has 0 radical (unpaired) electrons. The second kappa shape index (κ2) is 3.73. The smallest absolute Gasteiger partial charge is 0.106 e. The van der Waals surface area contributed by atoms with Crippen LogP contribution in [0.3, 0.4) is 0 Å². The van der Waals surface area contributed by atoms with Crippen LogP contribution in [0.4, 0.5) is 0 Å². The number of ether oxygens (including phenoxy) is 2. The van der Waals surface area contributed by atoms with Crippen molar-refractivity contribution in [3.63, 3.8) is 0 Å². The summed E-state index contributed by atoms with van der Waals surface area (Å²) in [5.74, 6) is 0. The Hall–Kier alpha value is -0.120. The third kappa shape index (κ3) is 2.19. The molecule has 0 aromatic rings. The van der Waals surface area contributed by atoms with Crippen molar-refractivity contribution in [3.8, 4) is 0 Å². The predicted molar refractivity (Wildman–Crippen MR) is 48.0 cm³/mol. The molecule has 0 aromatic carbocycles. The molecule has 1 fully saturated rings. The van der Waals surface area contributed by atoms with Crippen molar-refractivity contribution in [1.82, 2.24) is 0 Å². The van der Waals surface area contributed by atoms with E-state index in [9.17, 15) is 0 Å². The third-order valence-electron chi connectivity index (χ3n) is 2.15. The Bertz CT molecular complexity index is 149. The fourth-order valence-corrected chi connectivity index (χ4v) is 1.71. The summed E-state index contributed by atoms with van der Waals surface area (Å²) in [6.07, 6.45) is 1.43. The van der Waals surface area contributed by atoms with E-state index >= 15 is 0 Å². The minimum Gasteiger partial charge on any atom is -0.375 e. The molecular formula is C9H19NO2. The van der Waals surface area contributed by atoms with Crippen LogP contribution in [0.2, 0.25) is 0 Å². The van der Waals surface area contributed by atoms with Crippen LogP contribution in [0.1, 0.15) is 27.2 Å². The SMILES string of the molecule is CC(C)OC1(CN)COC(C)C1. The van der Waals surface area contributed by atoms with Gasteiger partial charge in [0.25, 0.3) is 0 Å². The minimum absolute atomic E-state index is 0.215. The standard InChI is InChI=1S/C9H19NO2/c1-7(2)12-9(5-10)4-8(3)11-6-9/h7-8H,4-6,10H2,1-3H3. The first-order valence-corrected chi connectivity index (χ1v) is 4.57. The molecule has 12 heavy (non-hydrogen) atoms. The van der Waals surface area contributed by atoms with Crippen LogP contribution in [0.25, 0.3) is 0 Å². The summed E-state index contributed by atoms with van der Waals surface area (Å²) in [4.78, 5) is 0. The van der Waals surface area contributed by atoms with Gasteiger partial charge in [-0.3, -0.25) is 0 Å². The average molecular weight is 173 g/mol. The number of hydrogen-bond donors (Lipinski definition) is 1. The van der Waals surface area contributed by atoms with Crippen molar-refractivity contribution < 1.29 is 9.47 Å². The van der Waals surface area contributed by atoms with Gasteiger partial charge in [0.05, 0.1) is 18.8 Å². The molecule has 1 heterocycles. The summed E-state index contributed by atoms with van der Waals surface area (Å²) in [5, 5.41) is 0. The highest BCUT2D eigenvalue weighted by Gasteiger charge is 2.38. The van der Waals surface area contributed by atoms with Gasteiger partial charge in [0, 0.05) is 13.0 Å². The number of nitrogens with two attached hydrogens (primary N) is 1. The highest BCUT2D eigenvalue weighted by Crippen LogP contribution is 2.27. The topological polar surface area (TPSA) is 44.5 Å². The summed E-state index contributed by atoms with van der Waals surface area (Å²) >= 11 is 0. The van der Waals surface area contributed by atoms with E-state index in [1.807, 2.05) is 13.8 Å². The third-order valence-corrected chi connectivity index (χ3v) is 2.15. The molecule has 0 saturated carbocycles. The van der Waals surface area contributed by atoms with Crippen molar-refractivity contribution >= 4 is 0 Å². The van der Waals surface area contributed by atoms with Gasteiger partial charge < -0.3 is 15.2 Å². The molecule has 3 nitrogen and oxygen atoms in total. The van der Waals surface area contributed by atoms with E-state index in [1.54, 1.807) is 0 Å². The van der Waals surface area contributed by atoms with Gasteiger partial charge in [0.2, 0.25) is 0 Å². The molecule has 2 atom stereocenters. The fraction of sp³-hybridized carbons (Fsp3) is 1.00. The van der Waals surface area contributed by atoms with E-state index in [4.69, 9.17) is 15.2 Å². The van der Waals surface area contributed by atoms with Crippen LogP contribution < -0.4 is 5.73 Å². The molecular weight excluding hydrogens is 154 g/mol. The van der Waals surface area contributed by atoms with Crippen molar-refractivity contribution in [2.45, 2.75) is 45.0 Å². The molecule has 0 aliphatic carbocycles. The number of rotatable bonds is 3. The normalized spacial score (nSPS) is 36.2. The number of hydrogen-bond acceptors (Lipinski definition) is 3. The van der Waals surface area contributed by atoms with Crippen molar-refractivity contribution in [2.24, 2.45) is 5.73 Å². The molecule has 0 amide bonds. The Morgan fingerprint density at radius 1 is 1.67 bits per heavy atom. The van der Waals surface area contributed by atoms with Gasteiger partial charge >= 0.3 is 0 Å². The van der Waals surface area contributed by atoms with Gasteiger partial charge in [-0.15, -0.1) is 0 Å². The van der Waals surface area contributed by atoms with Crippen LogP contribution in [-0.2, 0) is 9.47 Å². The van der Waals surface area contributed by atoms with Crippen molar-refractivity contribution in [3.05, 3.63) is 0 Å². The van der Waals surface area contributed by atoms with Crippen LogP contribution in [0.15, 0.2) is 0 Å². The zero-order valence-corrected chi connectivity index (χ0v) is 8.17. The Labute approximate surface area is 74.2 Å². The lowest BCUT2D eigenvalue weighted by atomic mass is 10.0. The molecule has 1 aliphatic rings. The van der Waals surface area contributed by atoms with E-state index in [-0.39, 0.29) is 17.8 Å². The van der Waals surface area contributed by atoms with Gasteiger partial charge in [0.15, 0.2) is 0 Å². The lowest BCUT2D eigenvalue weighted by Gasteiger charge is -2.28. The maximum absolute atomic E-state index is 5.77. The summed E-state index contributed by atoms with van der Waals surface area (Å²) in [7, 11) is 0. The zero-order valence-electron chi connectivity index (χ0n) is 8.17. The first kappa shape index (κ1) is 9.96. The van der Waals surface area contributed by atoms with Crippen LogP contribution in [0.5, 0.6) is 0 Å². The first-order valence-electron chi connectivity index (χ1n) is 4.57. The van der Waals surface area contributed by atoms with Gasteiger partial charge in [-0.2, -0.15) is 0 Å². The summed E-state index contributed by atoms with van der Waals surface area (Å²) in [5.41, 5.74) is 5.46. The van der Waals surface area contributed by atoms with Crippen LogP contribution in [-0.4, -0.2) is 31.0 Å². The van der Waals surface area contributed by atoms with E-state index in [0.29, 0.717) is 13.2 Å². The van der Waals surface area contributed by atoms with Gasteiger partial charge in [0.1, 0.15) is 5.60 Å². The Balaban J connectivity index is 2.52. The van der Waals surface area contributed by atoms with Gasteiger partial charge in [-0.05, 0) is 20.8 Å². The zero-order chi connectivity index (χ0) is 9.19. The summed E-state index contributed by atoms with van der Waals surface area (Å²) < 4.78 is 11.2. The highest BCUT2D eigenvalue weighted by molar-refractivity contribution is 4.89. The van der Waals surface area contributed by atoms with E-state index in [1.165, 1.54) is 0 Å². The fourth-order valence-electron chi connectivity index (χ4n) is 1.71. The lowest BCUT2D eigenvalue weighted by Crippen LogP contribution is -2.43. The van der Waals surface area contributed by atoms with Crippen LogP contribution >= 0.6 is 0 Å². The molecule has 1 aliphatic heterocycles. The molecule has 3 heteroatoms. The molecule has 1 saturated heterocycles. The second-order valence-corrected chi connectivity index (χ2v) is 3.88. The van der Waals surface area contributed by atoms with Gasteiger partial charge in [-0.1, -0.05) is 0 Å². The molecule has 1 rings (SSSR count). The quantitative estimate of drug-likeness (QED) is 0.690. The molecule has 72 valence electrons. The van der Waals surface area contributed by atoms with Crippen molar-refractivity contribution in [1.29, 1.82) is 0 Å². The summed E-state index contributed by atoms with van der Waals surface area (Å²) in [6.45, 7) is 7.31. The molecule has 2 N–H and O–H groups in total. The lowest BCUT2D eigenvalue weighted by molar-refractivity contribution is -0.0757. The van der Waals surface area contributed by atoms with E-state index in [2.05, 4.69) is 6.92 Å². The molecule has 0 aromatic heterocycles. The maximum atomic E-state index is 5.77. The second-order valence-electron chi connectivity index (χ2n) is 3.88. The largest absolute Gasteiger partial charge is 0.375 e. The Morgan fingerprint density at radius 2 is 2.33 bits per heavy atom. The van der Waals surface area contributed by atoms with E-state index in [0.717, 1.165) is 6.42 Å². The molecule has 0 bridgehead atoms. The Kier molecular flexibility index (Phi) is 3.09.